The Kier molecular flexibility index (Phi) is 16.6. The van der Waals surface area contributed by atoms with E-state index in [1.807, 2.05) is 0 Å². The average Bonchev–Trinajstić information content (AvgIpc) is 3.64. The predicted molar refractivity (Wildman–Crippen MR) is 188 cm³/mol. The molecule has 0 bridgehead atoms. The van der Waals surface area contributed by atoms with Crippen LogP contribution in [0.1, 0.15) is 32.9 Å². The van der Waals surface area contributed by atoms with Crippen LogP contribution in [0, 0.1) is 5.41 Å². The minimum atomic E-state index is -5.58. The molecule has 2 unspecified atom stereocenters. The molecule has 0 aromatic carbocycles. The summed E-state index contributed by atoms with van der Waals surface area (Å²) in [5.41, 5.74) is 4.22. The zero-order chi connectivity index (χ0) is 41.4. The number of nitrogen functional groups attached to an aromatic ring is 1. The Morgan fingerprint density at radius 2 is 1.76 bits per heavy atom. The van der Waals surface area contributed by atoms with E-state index in [2.05, 4.69) is 41.0 Å². The number of rotatable bonds is 22. The van der Waals surface area contributed by atoms with Crippen LogP contribution in [0.25, 0.3) is 11.2 Å². The molecule has 25 nitrogen and oxygen atoms in total. The largest absolute Gasteiger partial charge is 0.481 e. The minimum Gasteiger partial charge on any atom is -0.389 e. The lowest BCUT2D eigenvalue weighted by atomic mass is 9.87. The van der Waals surface area contributed by atoms with Gasteiger partial charge < -0.3 is 56.0 Å². The number of nitrogens with zero attached hydrogens (tertiary/aromatic N) is 4. The van der Waals surface area contributed by atoms with Crippen LogP contribution in [0.15, 0.2) is 25.3 Å². The molecule has 0 radical (unpaired) electrons. The van der Waals surface area contributed by atoms with Gasteiger partial charge in [-0.15, -0.1) is 6.58 Å². The summed E-state index contributed by atoms with van der Waals surface area (Å²) in [6.07, 6.45) is -6.88. The van der Waals surface area contributed by atoms with E-state index in [9.17, 15) is 63.0 Å². The quantitative estimate of drug-likeness (QED) is 0.0370. The number of amides is 2. The lowest BCUT2D eigenvalue weighted by Gasteiger charge is -2.30. The fourth-order valence-corrected chi connectivity index (χ4v) is 8.16. The van der Waals surface area contributed by atoms with Crippen molar-refractivity contribution in [2.45, 2.75) is 63.4 Å². The monoisotopic (exact) mass is 865 g/mol. The smallest absolute Gasteiger partial charge is 0.389 e. The molecule has 1 fully saturated rings. The molecule has 310 valence electrons. The summed E-state index contributed by atoms with van der Waals surface area (Å²) in [5, 5.41) is 35.3. The van der Waals surface area contributed by atoms with E-state index in [1.54, 1.807) is 0 Å². The lowest BCUT2D eigenvalue weighted by Crippen LogP contribution is -2.46. The summed E-state index contributed by atoms with van der Waals surface area (Å²) in [4.78, 5) is 87.0. The third kappa shape index (κ3) is 14.3. The highest BCUT2D eigenvalue weighted by Crippen LogP contribution is 2.61. The van der Waals surface area contributed by atoms with Gasteiger partial charge in [0.05, 0.1) is 25.6 Å². The number of carbonyl (C=O) groups excluding carboxylic acids is 3. The van der Waals surface area contributed by atoms with Crippen molar-refractivity contribution in [2.24, 2.45) is 5.41 Å². The Bertz CT molecular complexity index is 1830. The molecule has 8 atom stereocenters. The minimum absolute atomic E-state index is 0.0242. The second kappa shape index (κ2) is 19.6. The van der Waals surface area contributed by atoms with Crippen LogP contribution >= 0.6 is 35.2 Å². The number of aliphatic hydroxyl groups excluding tert-OH is 3. The summed E-state index contributed by atoms with van der Waals surface area (Å²) in [5.74, 6) is -1.31. The lowest BCUT2D eigenvalue weighted by molar-refractivity contribution is -0.137. The number of nitrogens with two attached hydrogens (primary N) is 1. The van der Waals surface area contributed by atoms with E-state index in [0.717, 1.165) is 29.0 Å². The molecule has 0 spiro atoms. The first-order valence-corrected chi connectivity index (χ1v) is 21.3. The van der Waals surface area contributed by atoms with Gasteiger partial charge in [-0.3, -0.25) is 32.5 Å². The van der Waals surface area contributed by atoms with Crippen molar-refractivity contribution in [3.63, 3.8) is 0 Å². The zero-order valence-corrected chi connectivity index (χ0v) is 32.6. The SMILES string of the molecule is C=C[C@H](O)CC(=O)SCCNC(=O)CCNC(=O)[C@H](O)C(C)(C)COP(=O)(O)OP(=O)(O)OC[C@H]1O[C@@H](n2cnc3c(N)ncnc32)[C@H](O)[C@@H]1OP(=O)(O)O. The molecule has 0 aliphatic carbocycles. The molecular weight excluding hydrogens is 823 g/mol. The molecule has 1 aliphatic heterocycles. The van der Waals surface area contributed by atoms with Crippen LogP contribution in [-0.2, 0) is 50.7 Å². The van der Waals surface area contributed by atoms with Crippen molar-refractivity contribution in [3.8, 4) is 0 Å². The standard InChI is InChI=1S/C26H42N7O18P3S/c1-4-14(34)9-17(36)55-8-7-28-16(35)5-6-29-24(39)21(38)26(2,3)11-48-54(45,46)51-53(43,44)47-10-15-20(50-52(40,41)42)19(37)25(49-15)33-13-32-18-22(27)30-12-31-23(18)33/h4,12-15,19-21,25,34,37-38H,1,5-11H2,2-3H3,(H,28,35)(H,29,39)(H,43,44)(H,45,46)(H2,27,30,31)(H2,40,41,42)/t14-,15+,19+,20+,21-,25+/m0/s1. The average molecular weight is 866 g/mol. The summed E-state index contributed by atoms with van der Waals surface area (Å²) in [7, 11) is -16.4. The van der Waals surface area contributed by atoms with Crippen molar-refractivity contribution < 1.29 is 85.6 Å². The number of thioether (sulfide) groups is 1. The summed E-state index contributed by atoms with van der Waals surface area (Å²) in [6, 6.07) is 0. The molecule has 2 aromatic rings. The van der Waals surface area contributed by atoms with Gasteiger partial charge in [0.25, 0.3) is 0 Å². The van der Waals surface area contributed by atoms with E-state index in [4.69, 9.17) is 19.5 Å². The maximum absolute atomic E-state index is 12.7. The Morgan fingerprint density at radius 3 is 2.42 bits per heavy atom. The Hall–Kier alpha value is -2.74. The molecule has 0 saturated carbocycles. The number of aromatic nitrogens is 4. The van der Waals surface area contributed by atoms with Gasteiger partial charge in [-0.2, -0.15) is 4.31 Å². The van der Waals surface area contributed by atoms with E-state index in [0.29, 0.717) is 0 Å². The Balaban J connectivity index is 1.49. The fourth-order valence-electron chi connectivity index (χ4n) is 4.61. The first kappa shape index (κ1) is 46.6. The second-order valence-corrected chi connectivity index (χ2v) is 17.7. The maximum Gasteiger partial charge on any atom is 0.481 e. The van der Waals surface area contributed by atoms with Gasteiger partial charge in [-0.1, -0.05) is 31.7 Å². The molecule has 3 rings (SSSR count). The number of phosphoric ester groups is 3. The maximum atomic E-state index is 12.7. The highest BCUT2D eigenvalue weighted by molar-refractivity contribution is 8.13. The summed E-state index contributed by atoms with van der Waals surface area (Å²) >= 11 is 0.906. The van der Waals surface area contributed by atoms with Crippen molar-refractivity contribution in [1.29, 1.82) is 0 Å². The number of aliphatic hydroxyl groups is 3. The molecule has 11 N–H and O–H groups in total. The van der Waals surface area contributed by atoms with Gasteiger partial charge in [0.2, 0.25) is 11.8 Å². The van der Waals surface area contributed by atoms with E-state index in [-0.39, 0.29) is 53.8 Å². The normalized spacial score (nSPS) is 22.3. The third-order valence-corrected chi connectivity index (χ3v) is 11.4. The van der Waals surface area contributed by atoms with Gasteiger partial charge in [0.1, 0.15) is 36.3 Å². The van der Waals surface area contributed by atoms with Crippen LogP contribution in [0.3, 0.4) is 0 Å². The molecule has 29 heteroatoms. The third-order valence-electron chi connectivity index (χ3n) is 7.41. The number of anilines is 1. The number of fused-ring (bicyclic) bond motifs is 1. The van der Waals surface area contributed by atoms with Crippen LogP contribution in [0.4, 0.5) is 5.82 Å². The number of ether oxygens (including phenoxy) is 1. The van der Waals surface area contributed by atoms with Gasteiger partial charge in [0, 0.05) is 37.1 Å². The summed E-state index contributed by atoms with van der Waals surface area (Å²) in [6.45, 7) is 3.68. The molecule has 2 amide bonds. The van der Waals surface area contributed by atoms with E-state index >= 15 is 0 Å². The van der Waals surface area contributed by atoms with Crippen LogP contribution in [-0.4, -0.2) is 134 Å². The van der Waals surface area contributed by atoms with Crippen molar-refractivity contribution in [3.05, 3.63) is 25.3 Å². The molecule has 3 heterocycles. The van der Waals surface area contributed by atoms with Crippen LogP contribution in [0.2, 0.25) is 0 Å². The number of phosphoric acid groups is 3. The first-order chi connectivity index (χ1) is 25.4. The van der Waals surface area contributed by atoms with Crippen LogP contribution < -0.4 is 16.4 Å². The number of imidazole rings is 1. The molecular formula is C26H42N7O18P3S. The Labute approximate surface area is 316 Å². The molecule has 1 saturated heterocycles. The predicted octanol–water partition coefficient (Wildman–Crippen LogP) is -1.40. The van der Waals surface area contributed by atoms with Crippen molar-refractivity contribution >= 4 is 69.1 Å². The van der Waals surface area contributed by atoms with Crippen LogP contribution in [0.5, 0.6) is 0 Å². The zero-order valence-electron chi connectivity index (χ0n) is 29.1. The second-order valence-electron chi connectivity index (χ2n) is 12.3. The molecule has 55 heavy (non-hydrogen) atoms. The number of hydrogen-bond acceptors (Lipinski definition) is 19. The highest BCUT2D eigenvalue weighted by atomic mass is 32.2. The van der Waals surface area contributed by atoms with Gasteiger partial charge in [-0.25, -0.2) is 28.6 Å². The van der Waals surface area contributed by atoms with Gasteiger partial charge in [-0.05, 0) is 0 Å². The molecule has 2 aromatic heterocycles. The fraction of sp³-hybridized carbons (Fsp3) is 0.615. The number of carbonyl (C=O) groups is 3. The number of nitrogens with one attached hydrogen (secondary N) is 2. The van der Waals surface area contributed by atoms with E-state index < -0.39 is 90.7 Å². The van der Waals surface area contributed by atoms with Gasteiger partial charge in [0.15, 0.2) is 22.8 Å². The Morgan fingerprint density at radius 1 is 1.09 bits per heavy atom. The number of hydrogen-bond donors (Lipinski definition) is 10. The van der Waals surface area contributed by atoms with Crippen molar-refractivity contribution in [1.82, 2.24) is 30.2 Å². The topological polar surface area (TPSA) is 384 Å². The highest BCUT2D eigenvalue weighted by Gasteiger charge is 2.50. The summed E-state index contributed by atoms with van der Waals surface area (Å²) < 4.78 is 61.9. The van der Waals surface area contributed by atoms with E-state index in [1.165, 1.54) is 19.9 Å². The van der Waals surface area contributed by atoms with Crippen molar-refractivity contribution in [2.75, 3.05) is 37.8 Å². The molecule has 1 aliphatic rings. The first-order valence-electron chi connectivity index (χ1n) is 15.8. The van der Waals surface area contributed by atoms with Gasteiger partial charge >= 0.3 is 23.5 Å².